The minimum atomic E-state index is -0.900. The summed E-state index contributed by atoms with van der Waals surface area (Å²) < 4.78 is 0. The van der Waals surface area contributed by atoms with Gasteiger partial charge in [-0.05, 0) is 12.3 Å². The third-order valence-corrected chi connectivity index (χ3v) is 3.89. The molecule has 0 spiro atoms. The van der Waals surface area contributed by atoms with Crippen LogP contribution in [0.25, 0.3) is 0 Å². The van der Waals surface area contributed by atoms with Gasteiger partial charge < -0.3 is 9.90 Å². The number of carboxylic acids is 1. The lowest BCUT2D eigenvalue weighted by molar-refractivity contribution is -0.311. The van der Waals surface area contributed by atoms with Crippen molar-refractivity contribution < 1.29 is 9.90 Å². The molecule has 114 valence electrons. The van der Waals surface area contributed by atoms with E-state index in [0.717, 1.165) is 12.8 Å². The van der Waals surface area contributed by atoms with E-state index in [1.54, 1.807) is 6.92 Å². The summed E-state index contributed by atoms with van der Waals surface area (Å²) in [5.74, 6) is -1.17. The second-order valence-corrected chi connectivity index (χ2v) is 5.90. The lowest BCUT2D eigenvalue weighted by Gasteiger charge is -2.11. The minimum absolute atomic E-state index is 0.275. The maximum Gasteiger partial charge on any atom is 0.0442 e. The van der Waals surface area contributed by atoms with Crippen LogP contribution < -0.4 is 5.11 Å². The van der Waals surface area contributed by atoms with E-state index in [9.17, 15) is 9.90 Å². The SMILES string of the molecule is CCCCCCCCCCCCCCC(C)C(=O)[O-]. The average Bonchev–Trinajstić information content (AvgIpc) is 2.39. The predicted octanol–water partition coefficient (Wildman–Crippen LogP) is 4.46. The minimum Gasteiger partial charge on any atom is -0.550 e. The zero-order valence-electron chi connectivity index (χ0n) is 13.1. The van der Waals surface area contributed by atoms with E-state index >= 15 is 0 Å². The van der Waals surface area contributed by atoms with Crippen molar-refractivity contribution in [1.29, 1.82) is 0 Å². The molecule has 0 amide bonds. The molecule has 0 saturated heterocycles. The standard InChI is InChI=1S/C17H34O2/c1-3-4-5-6-7-8-9-10-11-12-13-14-15-16(2)17(18)19/h16H,3-15H2,1-2H3,(H,18,19)/p-1. The fraction of sp³-hybridized carbons (Fsp3) is 0.941. The van der Waals surface area contributed by atoms with Crippen molar-refractivity contribution in [3.8, 4) is 0 Å². The van der Waals surface area contributed by atoms with Crippen molar-refractivity contribution in [3.63, 3.8) is 0 Å². The van der Waals surface area contributed by atoms with E-state index in [2.05, 4.69) is 6.92 Å². The third kappa shape index (κ3) is 13.7. The lowest BCUT2D eigenvalue weighted by atomic mass is 10.0. The van der Waals surface area contributed by atoms with Gasteiger partial charge in [0.05, 0.1) is 0 Å². The topological polar surface area (TPSA) is 40.1 Å². The molecule has 0 aliphatic heterocycles. The number of hydrogen-bond donors (Lipinski definition) is 0. The van der Waals surface area contributed by atoms with E-state index in [-0.39, 0.29) is 5.92 Å². The fourth-order valence-electron chi connectivity index (χ4n) is 2.41. The van der Waals surface area contributed by atoms with Gasteiger partial charge in [0.15, 0.2) is 0 Å². The van der Waals surface area contributed by atoms with Gasteiger partial charge in [-0.1, -0.05) is 90.9 Å². The van der Waals surface area contributed by atoms with Crippen LogP contribution in [-0.4, -0.2) is 5.97 Å². The van der Waals surface area contributed by atoms with E-state index in [0.29, 0.717) is 0 Å². The molecule has 0 aromatic carbocycles. The smallest absolute Gasteiger partial charge is 0.0442 e. The van der Waals surface area contributed by atoms with Gasteiger partial charge in [-0.25, -0.2) is 0 Å². The van der Waals surface area contributed by atoms with Crippen molar-refractivity contribution in [2.24, 2.45) is 5.92 Å². The average molecular weight is 269 g/mol. The molecule has 19 heavy (non-hydrogen) atoms. The molecule has 2 nitrogen and oxygen atoms in total. The van der Waals surface area contributed by atoms with Crippen LogP contribution >= 0.6 is 0 Å². The highest BCUT2D eigenvalue weighted by molar-refractivity contribution is 5.66. The maximum absolute atomic E-state index is 10.5. The number of carboxylic acid groups (broad SMARTS) is 1. The number of aliphatic carboxylic acids is 1. The first-order chi connectivity index (χ1) is 9.18. The normalized spacial score (nSPS) is 12.5. The Labute approximate surface area is 120 Å². The molecule has 0 aliphatic carbocycles. The molecule has 0 aromatic heterocycles. The molecule has 0 aromatic rings. The van der Waals surface area contributed by atoms with Crippen molar-refractivity contribution in [3.05, 3.63) is 0 Å². The maximum atomic E-state index is 10.5. The van der Waals surface area contributed by atoms with E-state index in [4.69, 9.17) is 0 Å². The fourth-order valence-corrected chi connectivity index (χ4v) is 2.41. The number of carbonyl (C=O) groups is 1. The molecular weight excluding hydrogens is 236 g/mol. The van der Waals surface area contributed by atoms with Gasteiger partial charge in [-0.15, -0.1) is 0 Å². The highest BCUT2D eigenvalue weighted by Gasteiger charge is 2.01. The second kappa shape index (κ2) is 13.9. The molecule has 0 heterocycles. The number of rotatable bonds is 14. The first-order valence-electron chi connectivity index (χ1n) is 8.39. The summed E-state index contributed by atoms with van der Waals surface area (Å²) in [5, 5.41) is 10.5. The van der Waals surface area contributed by atoms with Gasteiger partial charge in [0.2, 0.25) is 0 Å². The molecular formula is C17H33O2-. The van der Waals surface area contributed by atoms with E-state index < -0.39 is 5.97 Å². The highest BCUT2D eigenvalue weighted by atomic mass is 16.4. The van der Waals surface area contributed by atoms with Gasteiger partial charge in [0.25, 0.3) is 0 Å². The number of hydrogen-bond acceptors (Lipinski definition) is 2. The van der Waals surface area contributed by atoms with Crippen molar-refractivity contribution in [2.45, 2.75) is 97.3 Å². The van der Waals surface area contributed by atoms with Crippen LogP contribution in [0.1, 0.15) is 97.3 Å². The Balaban J connectivity index is 3.05. The summed E-state index contributed by atoms with van der Waals surface area (Å²) in [5.41, 5.74) is 0. The molecule has 0 fully saturated rings. The Morgan fingerprint density at radius 3 is 1.53 bits per heavy atom. The van der Waals surface area contributed by atoms with Crippen LogP contribution in [0.5, 0.6) is 0 Å². The molecule has 0 aliphatic rings. The summed E-state index contributed by atoms with van der Waals surface area (Å²) in [6.07, 6.45) is 16.6. The van der Waals surface area contributed by atoms with Gasteiger partial charge in [0.1, 0.15) is 0 Å². The molecule has 0 radical (unpaired) electrons. The molecule has 1 atom stereocenters. The van der Waals surface area contributed by atoms with Gasteiger partial charge >= 0.3 is 0 Å². The van der Waals surface area contributed by atoms with Crippen LogP contribution in [0, 0.1) is 5.92 Å². The molecule has 0 bridgehead atoms. The second-order valence-electron chi connectivity index (χ2n) is 5.90. The molecule has 1 unspecified atom stereocenters. The zero-order chi connectivity index (χ0) is 14.3. The number of unbranched alkanes of at least 4 members (excludes halogenated alkanes) is 11. The monoisotopic (exact) mass is 269 g/mol. The molecule has 0 N–H and O–H groups in total. The van der Waals surface area contributed by atoms with Gasteiger partial charge in [-0.3, -0.25) is 0 Å². The Hall–Kier alpha value is -0.530. The summed E-state index contributed by atoms with van der Waals surface area (Å²) >= 11 is 0. The third-order valence-electron chi connectivity index (χ3n) is 3.89. The van der Waals surface area contributed by atoms with Crippen LogP contribution in [-0.2, 0) is 4.79 Å². The quantitative estimate of drug-likeness (QED) is 0.437. The van der Waals surface area contributed by atoms with Gasteiger partial charge in [0, 0.05) is 5.97 Å². The summed E-state index contributed by atoms with van der Waals surface area (Å²) in [7, 11) is 0. The van der Waals surface area contributed by atoms with E-state index in [1.165, 1.54) is 70.6 Å². The molecule has 0 rings (SSSR count). The predicted molar refractivity (Wildman–Crippen MR) is 79.9 cm³/mol. The summed E-state index contributed by atoms with van der Waals surface area (Å²) in [4.78, 5) is 10.5. The highest BCUT2D eigenvalue weighted by Crippen LogP contribution is 2.14. The van der Waals surface area contributed by atoms with Crippen LogP contribution in [0.3, 0.4) is 0 Å². The Kier molecular flexibility index (Phi) is 13.5. The lowest BCUT2D eigenvalue weighted by Crippen LogP contribution is -2.29. The van der Waals surface area contributed by atoms with Crippen LogP contribution in [0.2, 0.25) is 0 Å². The molecule has 0 saturated carbocycles. The zero-order valence-corrected chi connectivity index (χ0v) is 13.1. The van der Waals surface area contributed by atoms with Crippen molar-refractivity contribution >= 4 is 5.97 Å². The van der Waals surface area contributed by atoms with Crippen molar-refractivity contribution in [1.82, 2.24) is 0 Å². The van der Waals surface area contributed by atoms with E-state index in [1.807, 2.05) is 0 Å². The summed E-state index contributed by atoms with van der Waals surface area (Å²) in [6.45, 7) is 4.00. The Morgan fingerprint density at radius 1 is 0.789 bits per heavy atom. The van der Waals surface area contributed by atoms with Crippen LogP contribution in [0.15, 0.2) is 0 Å². The largest absolute Gasteiger partial charge is 0.550 e. The summed E-state index contributed by atoms with van der Waals surface area (Å²) in [6, 6.07) is 0. The van der Waals surface area contributed by atoms with Crippen molar-refractivity contribution in [2.75, 3.05) is 0 Å². The number of carbonyl (C=O) groups excluding carboxylic acids is 1. The first kappa shape index (κ1) is 18.5. The first-order valence-corrected chi connectivity index (χ1v) is 8.39. The molecule has 2 heteroatoms. The Morgan fingerprint density at radius 2 is 1.16 bits per heavy atom. The Bertz CT molecular complexity index is 201. The van der Waals surface area contributed by atoms with Crippen LogP contribution in [0.4, 0.5) is 0 Å². The van der Waals surface area contributed by atoms with Gasteiger partial charge in [-0.2, -0.15) is 0 Å².